The van der Waals surface area contributed by atoms with Gasteiger partial charge in [0.25, 0.3) is 0 Å². The van der Waals surface area contributed by atoms with Gasteiger partial charge in [-0.3, -0.25) is 4.98 Å². The lowest BCUT2D eigenvalue weighted by Crippen LogP contribution is -1.79. The Balaban J connectivity index is 2.46. The van der Waals surface area contributed by atoms with Gasteiger partial charge in [0.1, 0.15) is 0 Å². The van der Waals surface area contributed by atoms with Crippen LogP contribution in [-0.2, 0) is 0 Å². The molecule has 0 amide bonds. The van der Waals surface area contributed by atoms with Gasteiger partial charge in [-0.05, 0) is 24.1 Å². The van der Waals surface area contributed by atoms with Crippen molar-refractivity contribution in [2.45, 2.75) is 13.3 Å². The van der Waals surface area contributed by atoms with Crippen LogP contribution in [0.4, 0.5) is 0 Å². The maximum atomic E-state index is 4.38. The first-order valence-electron chi connectivity index (χ1n) is 4.91. The zero-order valence-electron chi connectivity index (χ0n) is 8.27. The second kappa shape index (κ2) is 4.05. The van der Waals surface area contributed by atoms with Gasteiger partial charge in [-0.2, -0.15) is 0 Å². The van der Waals surface area contributed by atoms with Crippen molar-refractivity contribution in [3.8, 4) is 0 Å². The molecule has 1 nitrogen and oxygen atoms in total. The predicted octanol–water partition coefficient (Wildman–Crippen LogP) is 3.66. The minimum absolute atomic E-state index is 1.06. The summed E-state index contributed by atoms with van der Waals surface area (Å²) in [4.78, 5) is 4.38. The van der Waals surface area contributed by atoms with E-state index in [0.717, 1.165) is 11.9 Å². The van der Waals surface area contributed by atoms with Gasteiger partial charge in [0.05, 0.1) is 5.52 Å². The van der Waals surface area contributed by atoms with Gasteiger partial charge < -0.3 is 0 Å². The Labute approximate surface area is 84.1 Å². The normalized spacial score (nSPS) is 11.2. The summed E-state index contributed by atoms with van der Waals surface area (Å²) < 4.78 is 0. The standard InChI is InChI=1S/C13H13N/c1-2-3-6-11-9-12-7-4-5-8-13(12)14-10-11/h3-10H,2H2,1H3/b6-3-. The predicted molar refractivity (Wildman–Crippen MR) is 61.1 cm³/mol. The molecule has 0 saturated carbocycles. The average molecular weight is 183 g/mol. The smallest absolute Gasteiger partial charge is 0.0702 e. The number of aromatic nitrogens is 1. The first kappa shape index (κ1) is 8.95. The molecule has 0 fully saturated rings. The molecule has 0 aliphatic heterocycles. The van der Waals surface area contributed by atoms with Crippen LogP contribution in [0.2, 0.25) is 0 Å². The van der Waals surface area contributed by atoms with Crippen LogP contribution in [0.3, 0.4) is 0 Å². The number of benzene rings is 1. The van der Waals surface area contributed by atoms with Gasteiger partial charge in [-0.25, -0.2) is 0 Å². The average Bonchev–Trinajstić information content (AvgIpc) is 2.26. The molecular formula is C13H13N. The number of hydrogen-bond acceptors (Lipinski definition) is 1. The molecule has 0 unspecified atom stereocenters. The maximum Gasteiger partial charge on any atom is 0.0702 e. The fourth-order valence-electron chi connectivity index (χ4n) is 1.43. The van der Waals surface area contributed by atoms with Crippen molar-refractivity contribution in [3.63, 3.8) is 0 Å². The van der Waals surface area contributed by atoms with E-state index in [4.69, 9.17) is 0 Å². The van der Waals surface area contributed by atoms with Crippen molar-refractivity contribution in [2.75, 3.05) is 0 Å². The molecule has 2 aromatic rings. The number of allylic oxidation sites excluding steroid dienone is 1. The minimum Gasteiger partial charge on any atom is -0.256 e. The summed E-state index contributed by atoms with van der Waals surface area (Å²) in [7, 11) is 0. The number of rotatable bonds is 2. The summed E-state index contributed by atoms with van der Waals surface area (Å²) in [5.74, 6) is 0. The van der Waals surface area contributed by atoms with E-state index in [-0.39, 0.29) is 0 Å². The monoisotopic (exact) mass is 183 g/mol. The van der Waals surface area contributed by atoms with Crippen molar-refractivity contribution in [1.82, 2.24) is 4.98 Å². The second-order valence-corrected chi connectivity index (χ2v) is 3.27. The van der Waals surface area contributed by atoms with E-state index in [1.807, 2.05) is 24.4 Å². The van der Waals surface area contributed by atoms with E-state index in [0.29, 0.717) is 0 Å². The van der Waals surface area contributed by atoms with Crippen LogP contribution in [0.5, 0.6) is 0 Å². The quantitative estimate of drug-likeness (QED) is 0.692. The molecule has 0 aliphatic carbocycles. The van der Waals surface area contributed by atoms with E-state index >= 15 is 0 Å². The molecule has 0 spiro atoms. The van der Waals surface area contributed by atoms with Gasteiger partial charge >= 0.3 is 0 Å². The van der Waals surface area contributed by atoms with Crippen LogP contribution in [0.15, 0.2) is 42.6 Å². The van der Waals surface area contributed by atoms with Crippen molar-refractivity contribution in [3.05, 3.63) is 48.2 Å². The second-order valence-electron chi connectivity index (χ2n) is 3.27. The Morgan fingerprint density at radius 1 is 1.29 bits per heavy atom. The third kappa shape index (κ3) is 1.82. The van der Waals surface area contributed by atoms with Gasteiger partial charge in [0, 0.05) is 11.6 Å². The summed E-state index contributed by atoms with van der Waals surface area (Å²) in [6, 6.07) is 10.3. The number of nitrogens with zero attached hydrogens (tertiary/aromatic N) is 1. The Morgan fingerprint density at radius 3 is 3.00 bits per heavy atom. The Morgan fingerprint density at radius 2 is 2.14 bits per heavy atom. The number of para-hydroxylation sites is 1. The summed E-state index contributed by atoms with van der Waals surface area (Å²) in [6.45, 7) is 2.13. The van der Waals surface area contributed by atoms with Gasteiger partial charge in [-0.15, -0.1) is 0 Å². The summed E-state index contributed by atoms with van der Waals surface area (Å²) in [6.07, 6.45) is 7.23. The molecule has 70 valence electrons. The maximum absolute atomic E-state index is 4.38. The van der Waals surface area contributed by atoms with Gasteiger partial charge in [0.2, 0.25) is 0 Å². The number of pyridine rings is 1. The van der Waals surface area contributed by atoms with Gasteiger partial charge in [0.15, 0.2) is 0 Å². The topological polar surface area (TPSA) is 12.9 Å². The fraction of sp³-hybridized carbons (Fsp3) is 0.154. The molecule has 1 heteroatoms. The highest BCUT2D eigenvalue weighted by molar-refractivity contribution is 5.80. The zero-order chi connectivity index (χ0) is 9.80. The third-order valence-electron chi connectivity index (χ3n) is 2.16. The largest absolute Gasteiger partial charge is 0.256 e. The van der Waals surface area contributed by atoms with Gasteiger partial charge in [-0.1, -0.05) is 37.3 Å². The lowest BCUT2D eigenvalue weighted by Gasteiger charge is -1.97. The molecule has 1 aromatic carbocycles. The number of fused-ring (bicyclic) bond motifs is 1. The lowest BCUT2D eigenvalue weighted by molar-refractivity contribution is 1.23. The molecule has 1 heterocycles. The first-order chi connectivity index (χ1) is 6.90. The van der Waals surface area contributed by atoms with Crippen molar-refractivity contribution >= 4 is 17.0 Å². The van der Waals surface area contributed by atoms with E-state index in [2.05, 4.69) is 36.2 Å². The Hall–Kier alpha value is -1.63. The highest BCUT2D eigenvalue weighted by Crippen LogP contribution is 2.13. The molecule has 0 N–H and O–H groups in total. The minimum atomic E-state index is 1.06. The van der Waals surface area contributed by atoms with E-state index in [9.17, 15) is 0 Å². The van der Waals surface area contributed by atoms with Crippen molar-refractivity contribution < 1.29 is 0 Å². The summed E-state index contributed by atoms with van der Waals surface area (Å²) in [5.41, 5.74) is 2.23. The molecule has 2 rings (SSSR count). The van der Waals surface area contributed by atoms with E-state index in [1.165, 1.54) is 10.9 Å². The van der Waals surface area contributed by atoms with Crippen LogP contribution >= 0.6 is 0 Å². The van der Waals surface area contributed by atoms with Crippen molar-refractivity contribution in [1.29, 1.82) is 0 Å². The first-order valence-corrected chi connectivity index (χ1v) is 4.91. The molecule has 1 aromatic heterocycles. The van der Waals surface area contributed by atoms with Crippen LogP contribution in [0.25, 0.3) is 17.0 Å². The molecule has 0 saturated heterocycles. The molecule has 0 aliphatic rings. The zero-order valence-corrected chi connectivity index (χ0v) is 8.27. The van der Waals surface area contributed by atoms with Crippen LogP contribution in [0, 0.1) is 0 Å². The number of hydrogen-bond donors (Lipinski definition) is 0. The summed E-state index contributed by atoms with van der Waals surface area (Å²) >= 11 is 0. The SMILES string of the molecule is CC/C=C\c1cnc2ccccc2c1. The van der Waals surface area contributed by atoms with Crippen LogP contribution in [0.1, 0.15) is 18.9 Å². The molecular weight excluding hydrogens is 170 g/mol. The molecule has 0 radical (unpaired) electrons. The Kier molecular flexibility index (Phi) is 2.59. The molecule has 0 bridgehead atoms. The van der Waals surface area contributed by atoms with E-state index in [1.54, 1.807) is 0 Å². The van der Waals surface area contributed by atoms with Crippen LogP contribution in [-0.4, -0.2) is 4.98 Å². The van der Waals surface area contributed by atoms with E-state index < -0.39 is 0 Å². The lowest BCUT2D eigenvalue weighted by atomic mass is 10.1. The highest BCUT2D eigenvalue weighted by atomic mass is 14.6. The van der Waals surface area contributed by atoms with Crippen molar-refractivity contribution in [2.24, 2.45) is 0 Å². The third-order valence-corrected chi connectivity index (χ3v) is 2.16. The highest BCUT2D eigenvalue weighted by Gasteiger charge is 1.93. The van der Waals surface area contributed by atoms with Crippen LogP contribution < -0.4 is 0 Å². The summed E-state index contributed by atoms with van der Waals surface area (Å²) in [5, 5.41) is 1.20. The molecule has 14 heavy (non-hydrogen) atoms. The Bertz CT molecular complexity index is 457. The fourth-order valence-corrected chi connectivity index (χ4v) is 1.43. The molecule has 0 atom stereocenters.